The summed E-state index contributed by atoms with van der Waals surface area (Å²) < 4.78 is 41.9. The van der Waals surface area contributed by atoms with Gasteiger partial charge in [0.05, 0.1) is 16.6 Å². The van der Waals surface area contributed by atoms with Crippen LogP contribution >= 0.6 is 11.6 Å². The molecule has 2 aromatic heterocycles. The van der Waals surface area contributed by atoms with Gasteiger partial charge in [0, 0.05) is 32.2 Å². The van der Waals surface area contributed by atoms with Crippen molar-refractivity contribution in [2.75, 3.05) is 26.2 Å². The van der Waals surface area contributed by atoms with E-state index < -0.39 is 17.8 Å². The van der Waals surface area contributed by atoms with Gasteiger partial charge in [0.1, 0.15) is 5.69 Å². The molecule has 3 saturated carbocycles. The molecule has 1 amide bonds. The summed E-state index contributed by atoms with van der Waals surface area (Å²) >= 11 is 6.42. The third-order valence-corrected chi connectivity index (χ3v) is 8.04. The minimum Gasteiger partial charge on any atom is -0.391 e. The maximum absolute atomic E-state index is 13.7. The first-order valence-electron chi connectivity index (χ1n) is 11.2. The van der Waals surface area contributed by atoms with Gasteiger partial charge in [-0.3, -0.25) is 9.69 Å². The first-order valence-corrected chi connectivity index (χ1v) is 11.6. The Kier molecular flexibility index (Phi) is 4.59. The highest BCUT2D eigenvalue weighted by molar-refractivity contribution is 6.36. The zero-order chi connectivity index (χ0) is 22.4. The number of aliphatic hydroxyl groups is 1. The van der Waals surface area contributed by atoms with Crippen molar-refractivity contribution in [2.45, 2.75) is 49.9 Å². The number of aromatic nitrogens is 2. The fraction of sp³-hybridized carbons (Fsp3) is 0.636. The van der Waals surface area contributed by atoms with Crippen molar-refractivity contribution in [1.29, 1.82) is 0 Å². The van der Waals surface area contributed by atoms with Crippen molar-refractivity contribution >= 4 is 23.0 Å². The van der Waals surface area contributed by atoms with E-state index in [4.69, 9.17) is 11.6 Å². The van der Waals surface area contributed by atoms with E-state index in [9.17, 15) is 23.1 Å². The SMILES string of the molecule is O=C(c1nn2c(C(F)(F)F)cc(C3CC3)cc2c1Cl)N1CCN(C2C[C@H]3C[C@H]3C2O)CC1. The number of alkyl halides is 3. The Morgan fingerprint density at radius 2 is 1.84 bits per heavy atom. The fourth-order valence-corrected chi connectivity index (χ4v) is 5.85. The molecule has 10 heteroatoms. The Morgan fingerprint density at radius 1 is 1.12 bits per heavy atom. The summed E-state index contributed by atoms with van der Waals surface area (Å²) in [6.07, 6.45) is -1.07. The zero-order valence-corrected chi connectivity index (χ0v) is 18.1. The van der Waals surface area contributed by atoms with Crippen LogP contribution in [-0.4, -0.2) is 68.8 Å². The van der Waals surface area contributed by atoms with Gasteiger partial charge in [0.25, 0.3) is 5.91 Å². The first kappa shape index (κ1) is 20.7. The number of aliphatic hydroxyl groups excluding tert-OH is 1. The molecule has 2 aromatic rings. The molecule has 6 rings (SSSR count). The Balaban J connectivity index is 1.25. The number of amides is 1. The van der Waals surface area contributed by atoms with Crippen LogP contribution in [0, 0.1) is 11.8 Å². The van der Waals surface area contributed by atoms with Gasteiger partial charge in [0.2, 0.25) is 0 Å². The molecule has 4 fully saturated rings. The topological polar surface area (TPSA) is 61.1 Å². The van der Waals surface area contributed by atoms with Crippen molar-refractivity contribution in [1.82, 2.24) is 19.4 Å². The average Bonchev–Trinajstić information content (AvgIpc) is 3.68. The molecule has 0 radical (unpaired) electrons. The minimum atomic E-state index is -4.60. The average molecular weight is 469 g/mol. The van der Waals surface area contributed by atoms with E-state index in [-0.39, 0.29) is 34.3 Å². The van der Waals surface area contributed by atoms with Gasteiger partial charge in [-0.2, -0.15) is 18.3 Å². The molecule has 3 aliphatic carbocycles. The molecule has 3 heterocycles. The van der Waals surface area contributed by atoms with Gasteiger partial charge in [-0.05, 0) is 61.1 Å². The molecule has 6 nitrogen and oxygen atoms in total. The van der Waals surface area contributed by atoms with Crippen LogP contribution in [0.1, 0.15) is 53.3 Å². The van der Waals surface area contributed by atoms with E-state index in [1.54, 1.807) is 11.0 Å². The van der Waals surface area contributed by atoms with Gasteiger partial charge < -0.3 is 10.0 Å². The summed E-state index contributed by atoms with van der Waals surface area (Å²) in [4.78, 5) is 17.0. The summed E-state index contributed by atoms with van der Waals surface area (Å²) in [5.41, 5.74) is -0.330. The van der Waals surface area contributed by atoms with Gasteiger partial charge in [-0.15, -0.1) is 0 Å². The molecule has 1 N–H and O–H groups in total. The van der Waals surface area contributed by atoms with Gasteiger partial charge in [-0.1, -0.05) is 11.6 Å². The van der Waals surface area contributed by atoms with Crippen molar-refractivity contribution in [3.63, 3.8) is 0 Å². The normalized spacial score (nSPS) is 30.7. The number of hydrogen-bond acceptors (Lipinski definition) is 4. The Labute approximate surface area is 187 Å². The molecular formula is C22H24ClF3N4O2. The Hall–Kier alpha value is -1.84. The fourth-order valence-electron chi connectivity index (χ4n) is 5.60. The second kappa shape index (κ2) is 7.08. The Bertz CT molecular complexity index is 1090. The van der Waals surface area contributed by atoms with Crippen LogP contribution in [0.5, 0.6) is 0 Å². The number of hydrogen-bond donors (Lipinski definition) is 1. The molecular weight excluding hydrogens is 445 g/mol. The van der Waals surface area contributed by atoms with E-state index >= 15 is 0 Å². The predicted molar refractivity (Wildman–Crippen MR) is 111 cm³/mol. The van der Waals surface area contributed by atoms with Crippen LogP contribution in [0.2, 0.25) is 5.02 Å². The summed E-state index contributed by atoms with van der Waals surface area (Å²) in [6.45, 7) is 2.11. The number of rotatable bonds is 3. The number of fused-ring (bicyclic) bond motifs is 2. The quantitative estimate of drug-likeness (QED) is 0.750. The number of nitrogens with zero attached hydrogens (tertiary/aromatic N) is 4. The lowest BCUT2D eigenvalue weighted by Gasteiger charge is -2.39. The van der Waals surface area contributed by atoms with E-state index in [2.05, 4.69) is 10.00 Å². The van der Waals surface area contributed by atoms with Crippen LogP contribution in [0.4, 0.5) is 13.2 Å². The zero-order valence-electron chi connectivity index (χ0n) is 17.4. The maximum Gasteiger partial charge on any atom is 0.433 e. The number of piperazine rings is 1. The molecule has 0 bridgehead atoms. The monoisotopic (exact) mass is 468 g/mol. The third kappa shape index (κ3) is 3.31. The molecule has 4 aliphatic rings. The van der Waals surface area contributed by atoms with Crippen molar-refractivity contribution in [3.8, 4) is 0 Å². The minimum absolute atomic E-state index is 0.0308. The highest BCUT2D eigenvalue weighted by Crippen LogP contribution is 2.53. The predicted octanol–water partition coefficient (Wildman–Crippen LogP) is 3.41. The van der Waals surface area contributed by atoms with Gasteiger partial charge in [0.15, 0.2) is 5.69 Å². The number of pyridine rings is 1. The lowest BCUT2D eigenvalue weighted by atomic mass is 10.1. The lowest BCUT2D eigenvalue weighted by Crippen LogP contribution is -2.54. The third-order valence-electron chi connectivity index (χ3n) is 7.66. The summed E-state index contributed by atoms with van der Waals surface area (Å²) in [5, 5.41) is 14.4. The molecule has 32 heavy (non-hydrogen) atoms. The number of halogens is 4. The van der Waals surface area contributed by atoms with E-state index in [1.807, 2.05) is 0 Å². The van der Waals surface area contributed by atoms with E-state index in [0.717, 1.165) is 36.3 Å². The largest absolute Gasteiger partial charge is 0.433 e. The lowest BCUT2D eigenvalue weighted by molar-refractivity contribution is -0.142. The molecule has 2 unspecified atom stereocenters. The van der Waals surface area contributed by atoms with Gasteiger partial charge >= 0.3 is 6.18 Å². The van der Waals surface area contributed by atoms with Crippen molar-refractivity contribution < 1.29 is 23.1 Å². The maximum atomic E-state index is 13.7. The van der Waals surface area contributed by atoms with Crippen LogP contribution < -0.4 is 0 Å². The van der Waals surface area contributed by atoms with Gasteiger partial charge in [-0.25, -0.2) is 4.52 Å². The Morgan fingerprint density at radius 3 is 2.44 bits per heavy atom. The van der Waals surface area contributed by atoms with E-state index in [0.29, 0.717) is 43.6 Å². The van der Waals surface area contributed by atoms with Crippen LogP contribution in [0.15, 0.2) is 12.1 Å². The first-order chi connectivity index (χ1) is 15.2. The molecule has 0 spiro atoms. The highest BCUT2D eigenvalue weighted by Gasteiger charge is 2.54. The van der Waals surface area contributed by atoms with Crippen LogP contribution in [-0.2, 0) is 6.18 Å². The summed E-state index contributed by atoms with van der Waals surface area (Å²) in [5.74, 6) is 0.722. The number of carbonyl (C=O) groups excluding carboxylic acids is 1. The molecule has 4 atom stereocenters. The number of carbonyl (C=O) groups is 1. The van der Waals surface area contributed by atoms with Crippen LogP contribution in [0.3, 0.4) is 0 Å². The summed E-state index contributed by atoms with van der Waals surface area (Å²) in [7, 11) is 0. The van der Waals surface area contributed by atoms with E-state index in [1.165, 1.54) is 0 Å². The second-order valence-electron chi connectivity index (χ2n) is 9.69. The summed E-state index contributed by atoms with van der Waals surface area (Å²) in [6, 6.07) is 2.90. The second-order valence-corrected chi connectivity index (χ2v) is 10.1. The standard InChI is InChI=1S/C22H24ClF3N4O2/c23-18-15-8-12(11-1-2-11)10-17(22(24,25)26)30(15)27-19(18)21(32)29-5-3-28(4-6-29)16-9-13-7-14(13)20(16)31/h8,10-11,13-14,16,20,31H,1-7,9H2/t13-,14-,16?,20?/m1/s1. The van der Waals surface area contributed by atoms with Crippen molar-refractivity contribution in [2.24, 2.45) is 11.8 Å². The van der Waals surface area contributed by atoms with Crippen molar-refractivity contribution in [3.05, 3.63) is 34.1 Å². The molecule has 0 aromatic carbocycles. The molecule has 172 valence electrons. The smallest absolute Gasteiger partial charge is 0.391 e. The molecule has 1 saturated heterocycles. The van der Waals surface area contributed by atoms with Crippen LogP contribution in [0.25, 0.3) is 5.52 Å². The molecule has 1 aliphatic heterocycles. The highest BCUT2D eigenvalue weighted by atomic mass is 35.5.